The zero-order valence-electron chi connectivity index (χ0n) is 10.7. The number of allylic oxidation sites excluding steroid dienone is 1. The second-order valence-electron chi connectivity index (χ2n) is 4.02. The van der Waals surface area contributed by atoms with E-state index in [4.69, 9.17) is 5.11 Å². The fraction of sp³-hybridized carbons (Fsp3) is 0.308. The van der Waals surface area contributed by atoms with Gasteiger partial charge in [-0.1, -0.05) is 24.3 Å². The number of sulfonamides is 1. The van der Waals surface area contributed by atoms with Gasteiger partial charge in [-0.05, 0) is 31.0 Å². The molecule has 2 N–H and O–H groups in total. The summed E-state index contributed by atoms with van der Waals surface area (Å²) in [6, 6.07) is 5.93. The molecule has 0 spiro atoms. The van der Waals surface area contributed by atoms with Crippen molar-refractivity contribution in [2.45, 2.75) is 19.1 Å². The third kappa shape index (κ3) is 5.67. The summed E-state index contributed by atoms with van der Waals surface area (Å²) in [5, 5.41) is 8.84. The summed E-state index contributed by atoms with van der Waals surface area (Å²) in [6.45, 7) is 2.21. The smallest absolute Gasteiger partial charge is 0.335 e. The Bertz CT molecular complexity index is 564. The molecule has 0 amide bonds. The van der Waals surface area contributed by atoms with E-state index in [1.807, 2.05) is 19.1 Å². The monoisotopic (exact) mass is 283 g/mol. The van der Waals surface area contributed by atoms with Crippen molar-refractivity contribution in [3.63, 3.8) is 0 Å². The number of aromatic carboxylic acids is 1. The summed E-state index contributed by atoms with van der Waals surface area (Å²) < 4.78 is 26.0. The van der Waals surface area contributed by atoms with Gasteiger partial charge in [0.2, 0.25) is 10.0 Å². The predicted octanol–water partition coefficient (Wildman–Crippen LogP) is 1.77. The highest BCUT2D eigenvalue weighted by Gasteiger charge is 2.12. The molecule has 0 fully saturated rings. The Morgan fingerprint density at radius 2 is 2.16 bits per heavy atom. The van der Waals surface area contributed by atoms with E-state index in [1.165, 1.54) is 18.2 Å². The number of hydrogen-bond acceptors (Lipinski definition) is 3. The lowest BCUT2D eigenvalue weighted by molar-refractivity contribution is 0.0696. The second kappa shape index (κ2) is 7.06. The van der Waals surface area contributed by atoms with Gasteiger partial charge in [-0.3, -0.25) is 0 Å². The van der Waals surface area contributed by atoms with Gasteiger partial charge in [-0.25, -0.2) is 17.9 Å². The Kier molecular flexibility index (Phi) is 5.72. The van der Waals surface area contributed by atoms with Gasteiger partial charge in [0.25, 0.3) is 0 Å². The van der Waals surface area contributed by atoms with Crippen LogP contribution in [0.25, 0.3) is 0 Å². The summed E-state index contributed by atoms with van der Waals surface area (Å²) in [5.41, 5.74) is 0.542. The highest BCUT2D eigenvalue weighted by atomic mass is 32.2. The molecule has 0 heterocycles. The van der Waals surface area contributed by atoms with Crippen molar-refractivity contribution in [3.8, 4) is 0 Å². The number of rotatable bonds is 7. The lowest BCUT2D eigenvalue weighted by atomic mass is 10.1. The molecule has 1 aromatic carbocycles. The SMILES string of the molecule is C/C=C/CCNS(=O)(=O)Cc1cccc(C(=O)O)c1. The Morgan fingerprint density at radius 3 is 2.79 bits per heavy atom. The molecule has 0 unspecified atom stereocenters. The van der Waals surface area contributed by atoms with Crippen LogP contribution in [0.4, 0.5) is 0 Å². The predicted molar refractivity (Wildman–Crippen MR) is 73.5 cm³/mol. The normalized spacial score (nSPS) is 11.8. The van der Waals surface area contributed by atoms with Crippen LogP contribution in [0.5, 0.6) is 0 Å². The molecule has 5 nitrogen and oxygen atoms in total. The summed E-state index contributed by atoms with van der Waals surface area (Å²) in [4.78, 5) is 10.8. The van der Waals surface area contributed by atoms with Crippen molar-refractivity contribution < 1.29 is 18.3 Å². The average molecular weight is 283 g/mol. The molecule has 0 aliphatic heterocycles. The number of benzene rings is 1. The van der Waals surface area contributed by atoms with Gasteiger partial charge in [-0.2, -0.15) is 0 Å². The molecule has 0 aromatic heterocycles. The minimum atomic E-state index is -3.43. The molecule has 0 bridgehead atoms. The first-order valence-corrected chi connectivity index (χ1v) is 7.50. The lowest BCUT2D eigenvalue weighted by Gasteiger charge is -2.06. The van der Waals surface area contributed by atoms with Crippen LogP contribution < -0.4 is 4.72 Å². The third-order valence-electron chi connectivity index (χ3n) is 2.40. The molecule has 1 rings (SSSR count). The van der Waals surface area contributed by atoms with E-state index in [1.54, 1.807) is 6.07 Å². The Balaban J connectivity index is 2.67. The van der Waals surface area contributed by atoms with Crippen LogP contribution >= 0.6 is 0 Å². The van der Waals surface area contributed by atoms with Gasteiger partial charge < -0.3 is 5.11 Å². The van der Waals surface area contributed by atoms with Crippen molar-refractivity contribution in [2.75, 3.05) is 6.54 Å². The van der Waals surface area contributed by atoms with Gasteiger partial charge in [0.05, 0.1) is 11.3 Å². The first-order chi connectivity index (χ1) is 8.94. The average Bonchev–Trinajstić information content (AvgIpc) is 2.34. The van der Waals surface area contributed by atoms with Crippen molar-refractivity contribution in [3.05, 3.63) is 47.5 Å². The molecule has 6 heteroatoms. The van der Waals surface area contributed by atoms with E-state index in [0.717, 1.165) is 0 Å². The van der Waals surface area contributed by atoms with Crippen LogP contribution in [0.2, 0.25) is 0 Å². The van der Waals surface area contributed by atoms with E-state index in [9.17, 15) is 13.2 Å². The summed E-state index contributed by atoms with van der Waals surface area (Å²) in [6.07, 6.45) is 4.35. The minimum Gasteiger partial charge on any atom is -0.478 e. The molecule has 0 saturated carbocycles. The molecule has 19 heavy (non-hydrogen) atoms. The minimum absolute atomic E-state index is 0.0848. The maximum absolute atomic E-state index is 11.8. The zero-order valence-corrected chi connectivity index (χ0v) is 11.5. The topological polar surface area (TPSA) is 83.5 Å². The molecule has 0 radical (unpaired) electrons. The van der Waals surface area contributed by atoms with Crippen molar-refractivity contribution in [1.82, 2.24) is 4.72 Å². The Labute approximate surface area is 113 Å². The van der Waals surface area contributed by atoms with Gasteiger partial charge in [0.15, 0.2) is 0 Å². The van der Waals surface area contributed by atoms with Gasteiger partial charge >= 0.3 is 5.97 Å². The number of carboxylic acid groups (broad SMARTS) is 1. The van der Waals surface area contributed by atoms with E-state index < -0.39 is 16.0 Å². The van der Waals surface area contributed by atoms with Crippen LogP contribution in [0.1, 0.15) is 29.3 Å². The lowest BCUT2D eigenvalue weighted by Crippen LogP contribution is -2.26. The van der Waals surface area contributed by atoms with E-state index in [2.05, 4.69) is 4.72 Å². The van der Waals surface area contributed by atoms with Crippen molar-refractivity contribution in [1.29, 1.82) is 0 Å². The number of nitrogens with one attached hydrogen (secondary N) is 1. The van der Waals surface area contributed by atoms with Crippen molar-refractivity contribution >= 4 is 16.0 Å². The summed E-state index contributed by atoms with van der Waals surface area (Å²) >= 11 is 0. The molecular weight excluding hydrogens is 266 g/mol. The number of carbonyl (C=O) groups is 1. The van der Waals surface area contributed by atoms with E-state index in [0.29, 0.717) is 18.5 Å². The standard InChI is InChI=1S/C13H17NO4S/c1-2-3-4-8-14-19(17,18)10-11-6-5-7-12(9-11)13(15)16/h2-3,5-7,9,14H,4,8,10H2,1H3,(H,15,16)/b3-2+. The largest absolute Gasteiger partial charge is 0.478 e. The molecular formula is C13H17NO4S. The third-order valence-corrected chi connectivity index (χ3v) is 3.76. The van der Waals surface area contributed by atoms with Crippen molar-refractivity contribution in [2.24, 2.45) is 0 Å². The molecule has 104 valence electrons. The fourth-order valence-corrected chi connectivity index (χ4v) is 2.68. The van der Waals surface area contributed by atoms with Gasteiger partial charge in [0.1, 0.15) is 0 Å². The molecule has 0 aliphatic carbocycles. The summed E-state index contributed by atoms with van der Waals surface area (Å²) in [5.74, 6) is -1.29. The highest BCUT2D eigenvalue weighted by molar-refractivity contribution is 7.88. The fourth-order valence-electron chi connectivity index (χ4n) is 1.53. The molecule has 0 atom stereocenters. The van der Waals surface area contributed by atoms with Crippen LogP contribution in [0.15, 0.2) is 36.4 Å². The molecule has 1 aromatic rings. The van der Waals surface area contributed by atoms with Crippen LogP contribution in [-0.2, 0) is 15.8 Å². The van der Waals surface area contributed by atoms with E-state index >= 15 is 0 Å². The Hall–Kier alpha value is -1.66. The first-order valence-electron chi connectivity index (χ1n) is 5.85. The van der Waals surface area contributed by atoms with Crippen LogP contribution in [-0.4, -0.2) is 26.0 Å². The van der Waals surface area contributed by atoms with Gasteiger partial charge in [0, 0.05) is 6.54 Å². The zero-order chi connectivity index (χ0) is 14.3. The molecule has 0 aliphatic rings. The quantitative estimate of drug-likeness (QED) is 0.590. The second-order valence-corrected chi connectivity index (χ2v) is 5.82. The van der Waals surface area contributed by atoms with E-state index in [-0.39, 0.29) is 11.3 Å². The van der Waals surface area contributed by atoms with Gasteiger partial charge in [-0.15, -0.1) is 0 Å². The summed E-state index contributed by atoms with van der Waals surface area (Å²) in [7, 11) is -3.43. The number of hydrogen-bond donors (Lipinski definition) is 2. The van der Waals surface area contributed by atoms with Crippen LogP contribution in [0.3, 0.4) is 0 Å². The highest BCUT2D eigenvalue weighted by Crippen LogP contribution is 2.08. The Morgan fingerprint density at radius 1 is 1.42 bits per heavy atom. The van der Waals surface area contributed by atoms with Crippen LogP contribution in [0, 0.1) is 0 Å². The maximum atomic E-state index is 11.8. The first kappa shape index (κ1) is 15.4. The number of carboxylic acids is 1. The maximum Gasteiger partial charge on any atom is 0.335 e. The molecule has 0 saturated heterocycles.